The van der Waals surface area contributed by atoms with Crippen molar-refractivity contribution in [1.82, 2.24) is 0 Å². The monoisotopic (exact) mass is 261 g/mol. The zero-order valence-electron chi connectivity index (χ0n) is 6.96. The molecule has 0 saturated heterocycles. The molecule has 0 aliphatic heterocycles. The Morgan fingerprint density at radius 1 is 1.18 bits per heavy atom. The molecule has 4 N–H and O–H groups in total. The first-order chi connectivity index (χ1) is 3.73. The van der Waals surface area contributed by atoms with Gasteiger partial charge < -0.3 is 13.1 Å². The van der Waals surface area contributed by atoms with E-state index in [1.54, 1.807) is 0 Å². The predicted molar refractivity (Wildman–Crippen MR) is 32.8 cm³/mol. The first-order valence-corrected chi connectivity index (χ1v) is 2.75. The molecule has 7 nitrogen and oxygen atoms in total. The predicted octanol–water partition coefficient (Wildman–Crippen LogP) is -0.589. The van der Waals surface area contributed by atoms with Gasteiger partial charge in [0.1, 0.15) is 0 Å². The van der Waals surface area contributed by atoms with Crippen molar-refractivity contribution >= 4 is 54.3 Å². The Morgan fingerprint density at radius 2 is 1.18 bits per heavy atom. The summed E-state index contributed by atoms with van der Waals surface area (Å²) in [5.41, 5.74) is 0. The van der Waals surface area contributed by atoms with Crippen LogP contribution < -0.4 is 0 Å². The molecule has 0 aromatic rings. The normalized spacial score (nSPS) is 7.45. The molecule has 0 atom stereocenters. The number of carboxylic acid groups (broad SMARTS) is 2. The first kappa shape index (κ1) is 22.7. The number of rotatable bonds is 0. The van der Waals surface area contributed by atoms with Gasteiger partial charge in [-0.3, -0.25) is 9.11 Å². The molecule has 0 heterocycles. The van der Waals surface area contributed by atoms with Crippen LogP contribution in [0.3, 0.4) is 0 Å². The SMILES string of the molecule is O=C(O)O.O=S(=O)(O)O.[Ca+2].[Co].[H-].[H-]. The van der Waals surface area contributed by atoms with E-state index in [-0.39, 0.29) is 57.4 Å². The molecule has 0 amide bonds. The molecule has 0 aromatic heterocycles. The van der Waals surface area contributed by atoms with Gasteiger partial charge in [0.15, 0.2) is 0 Å². The van der Waals surface area contributed by atoms with E-state index in [2.05, 4.69) is 0 Å². The van der Waals surface area contributed by atoms with Crippen molar-refractivity contribution in [3.8, 4) is 0 Å². The quantitative estimate of drug-likeness (QED) is 0.338. The summed E-state index contributed by atoms with van der Waals surface area (Å²) in [6.45, 7) is 0. The minimum Gasteiger partial charge on any atom is -1.00 e. The summed E-state index contributed by atoms with van der Waals surface area (Å²) in [5.74, 6) is 0. The van der Waals surface area contributed by atoms with Crippen molar-refractivity contribution in [2.24, 2.45) is 0 Å². The number of hydrogen-bond donors (Lipinski definition) is 4. The molecule has 0 aliphatic carbocycles. The molecule has 0 rings (SSSR count). The van der Waals surface area contributed by atoms with Gasteiger partial charge in [-0.25, -0.2) is 4.79 Å². The minimum absolute atomic E-state index is 0. The summed E-state index contributed by atoms with van der Waals surface area (Å²) in [7, 11) is -4.67. The molecule has 11 heavy (non-hydrogen) atoms. The fourth-order valence-corrected chi connectivity index (χ4v) is 0. The van der Waals surface area contributed by atoms with Crippen LogP contribution >= 0.6 is 0 Å². The van der Waals surface area contributed by atoms with Crippen LogP contribution in [0.15, 0.2) is 0 Å². The van der Waals surface area contributed by atoms with Crippen molar-refractivity contribution < 1.29 is 52.2 Å². The number of hydrogen-bond acceptors (Lipinski definition) is 3. The molecular formula is CH6CaCoO7S. The van der Waals surface area contributed by atoms with Gasteiger partial charge in [-0.1, -0.05) is 0 Å². The molecule has 10 heteroatoms. The summed E-state index contributed by atoms with van der Waals surface area (Å²) in [6.07, 6.45) is -1.83. The molecular weight excluding hydrogens is 255 g/mol. The van der Waals surface area contributed by atoms with E-state index in [1.807, 2.05) is 0 Å². The summed E-state index contributed by atoms with van der Waals surface area (Å²) in [4.78, 5) is 8.56. The van der Waals surface area contributed by atoms with E-state index in [1.165, 1.54) is 0 Å². The molecule has 0 fully saturated rings. The van der Waals surface area contributed by atoms with Crippen molar-refractivity contribution in [1.29, 1.82) is 0 Å². The first-order valence-electron chi connectivity index (χ1n) is 1.35. The smallest absolute Gasteiger partial charge is 1.00 e. The average molecular weight is 261 g/mol. The van der Waals surface area contributed by atoms with Gasteiger partial charge in [-0.05, 0) is 0 Å². The third kappa shape index (κ3) is 1050. The zero-order valence-corrected chi connectivity index (χ0v) is 9.03. The standard InChI is InChI=1S/CH2O3.Ca.Co.H2O4S.2H/c2-1(3)4;;;1-5(2,3)4;;/h(H2,2,3,4);;;(H2,1,2,3,4);;/q;+2;;;2*-1. The minimum atomic E-state index is -4.67. The van der Waals surface area contributed by atoms with Gasteiger partial charge in [-0.2, -0.15) is 8.42 Å². The Morgan fingerprint density at radius 3 is 1.18 bits per heavy atom. The summed E-state index contributed by atoms with van der Waals surface area (Å²) in [5, 5.41) is 13.9. The van der Waals surface area contributed by atoms with Crippen molar-refractivity contribution in [3.05, 3.63) is 0 Å². The maximum Gasteiger partial charge on any atom is 2.00 e. The average Bonchev–Trinajstić information content (AvgIpc) is 1.19. The van der Waals surface area contributed by atoms with Crippen LogP contribution in [0.4, 0.5) is 4.79 Å². The van der Waals surface area contributed by atoms with E-state index >= 15 is 0 Å². The third-order valence-corrected chi connectivity index (χ3v) is 0. The van der Waals surface area contributed by atoms with Gasteiger partial charge in [0.2, 0.25) is 0 Å². The van der Waals surface area contributed by atoms with Gasteiger partial charge in [0.25, 0.3) is 0 Å². The van der Waals surface area contributed by atoms with Crippen LogP contribution in [-0.4, -0.2) is 71.6 Å². The Bertz CT molecular complexity index is 169. The summed E-state index contributed by atoms with van der Waals surface area (Å²) < 4.78 is 31.6. The van der Waals surface area contributed by atoms with Crippen LogP contribution in [0.25, 0.3) is 0 Å². The van der Waals surface area contributed by atoms with E-state index in [4.69, 9.17) is 32.5 Å². The second-order valence-electron chi connectivity index (χ2n) is 0.730. The Labute approximate surface area is 106 Å². The molecule has 0 aliphatic rings. The van der Waals surface area contributed by atoms with Gasteiger partial charge >= 0.3 is 54.3 Å². The van der Waals surface area contributed by atoms with Crippen molar-refractivity contribution in [2.45, 2.75) is 0 Å². The maximum absolute atomic E-state index is 8.74. The molecule has 0 aromatic carbocycles. The molecule has 69 valence electrons. The van der Waals surface area contributed by atoms with E-state index in [9.17, 15) is 0 Å². The fraction of sp³-hybridized carbons (Fsp3) is 0. The molecule has 0 unspecified atom stereocenters. The van der Waals surface area contributed by atoms with Gasteiger partial charge in [0, 0.05) is 16.8 Å². The fourth-order valence-electron chi connectivity index (χ4n) is 0. The molecule has 0 saturated carbocycles. The van der Waals surface area contributed by atoms with Crippen molar-refractivity contribution in [2.75, 3.05) is 0 Å². The van der Waals surface area contributed by atoms with Crippen LogP contribution in [0.2, 0.25) is 0 Å². The second-order valence-corrected chi connectivity index (χ2v) is 1.63. The Kier molecular flexibility index (Phi) is 22.5. The largest absolute Gasteiger partial charge is 2.00 e. The molecule has 0 bridgehead atoms. The Hall–Kier alpha value is 0.906. The topological polar surface area (TPSA) is 132 Å². The van der Waals surface area contributed by atoms with Crippen LogP contribution in [0, 0.1) is 0 Å². The molecule has 0 spiro atoms. The van der Waals surface area contributed by atoms with Crippen LogP contribution in [-0.2, 0) is 27.2 Å². The molecule has 1 radical (unpaired) electrons. The Balaban J connectivity index is -0.0000000146. The van der Waals surface area contributed by atoms with Crippen molar-refractivity contribution in [3.63, 3.8) is 0 Å². The van der Waals surface area contributed by atoms with Gasteiger partial charge in [0.05, 0.1) is 0 Å². The van der Waals surface area contributed by atoms with E-state index < -0.39 is 16.6 Å². The summed E-state index contributed by atoms with van der Waals surface area (Å²) in [6, 6.07) is 0. The van der Waals surface area contributed by atoms with Crippen LogP contribution in [0.5, 0.6) is 0 Å². The van der Waals surface area contributed by atoms with Crippen LogP contribution in [0.1, 0.15) is 2.85 Å². The summed E-state index contributed by atoms with van der Waals surface area (Å²) >= 11 is 0. The van der Waals surface area contributed by atoms with Gasteiger partial charge in [-0.15, -0.1) is 0 Å². The maximum atomic E-state index is 8.74. The zero-order chi connectivity index (χ0) is 8.08. The second kappa shape index (κ2) is 10.9. The van der Waals surface area contributed by atoms with E-state index in [0.717, 1.165) is 0 Å². The number of carbonyl (C=O) groups is 1. The third-order valence-electron chi connectivity index (χ3n) is 0. The van der Waals surface area contributed by atoms with E-state index in [0.29, 0.717) is 0 Å².